The predicted molar refractivity (Wildman–Crippen MR) is 77.2 cm³/mol. The molecule has 1 unspecified atom stereocenters. The topological polar surface area (TPSA) is 61.4 Å². The summed E-state index contributed by atoms with van der Waals surface area (Å²) in [4.78, 5) is 0. The summed E-state index contributed by atoms with van der Waals surface area (Å²) in [6, 6.07) is 0.122. The van der Waals surface area contributed by atoms with Crippen LogP contribution in [0.4, 0.5) is 0 Å². The highest BCUT2D eigenvalue weighted by Crippen LogP contribution is 2.28. The molecule has 1 saturated carbocycles. The van der Waals surface area contributed by atoms with E-state index in [0.717, 1.165) is 38.8 Å². The van der Waals surface area contributed by atoms with Crippen LogP contribution in [0.15, 0.2) is 0 Å². The van der Waals surface area contributed by atoms with Crippen molar-refractivity contribution in [3.05, 3.63) is 0 Å². The van der Waals surface area contributed by atoms with E-state index in [1.807, 2.05) is 0 Å². The zero-order chi connectivity index (χ0) is 13.7. The molecule has 2 fully saturated rings. The van der Waals surface area contributed by atoms with Gasteiger partial charge >= 0.3 is 0 Å². The Morgan fingerprint density at radius 1 is 1.16 bits per heavy atom. The fourth-order valence-corrected chi connectivity index (χ4v) is 4.12. The molecule has 0 bridgehead atoms. The molecule has 1 heterocycles. The zero-order valence-electron chi connectivity index (χ0n) is 11.9. The van der Waals surface area contributed by atoms with Crippen molar-refractivity contribution in [2.24, 2.45) is 5.92 Å². The third-order valence-electron chi connectivity index (χ3n) is 3.94. The van der Waals surface area contributed by atoms with Gasteiger partial charge < -0.3 is 5.32 Å². The molecule has 2 N–H and O–H groups in total. The Labute approximate surface area is 117 Å². The van der Waals surface area contributed by atoms with Crippen molar-refractivity contribution in [1.82, 2.24) is 14.3 Å². The van der Waals surface area contributed by atoms with Crippen LogP contribution in [-0.4, -0.2) is 44.9 Å². The van der Waals surface area contributed by atoms with E-state index in [1.165, 1.54) is 12.8 Å². The Bertz CT molecular complexity index is 368. The van der Waals surface area contributed by atoms with Crippen LogP contribution in [0.25, 0.3) is 0 Å². The van der Waals surface area contributed by atoms with Gasteiger partial charge in [0.15, 0.2) is 0 Å². The number of rotatable bonds is 8. The molecule has 1 aliphatic carbocycles. The normalized spacial score (nSPS) is 25.6. The minimum Gasteiger partial charge on any atom is -0.315 e. The molecule has 1 aliphatic heterocycles. The molecule has 1 saturated heterocycles. The summed E-state index contributed by atoms with van der Waals surface area (Å²) >= 11 is 0. The van der Waals surface area contributed by atoms with Gasteiger partial charge in [-0.2, -0.15) is 12.7 Å². The van der Waals surface area contributed by atoms with E-state index in [4.69, 9.17) is 0 Å². The average molecular weight is 289 g/mol. The number of hydrogen-bond acceptors (Lipinski definition) is 3. The molecule has 1 atom stereocenters. The van der Waals surface area contributed by atoms with E-state index in [9.17, 15) is 8.42 Å². The molecule has 0 aromatic carbocycles. The second kappa shape index (κ2) is 7.02. The van der Waals surface area contributed by atoms with Gasteiger partial charge in [-0.25, -0.2) is 4.72 Å². The summed E-state index contributed by atoms with van der Waals surface area (Å²) in [6.07, 6.45) is 6.51. The Balaban J connectivity index is 1.88. The molecular formula is C13H27N3O2S. The first-order chi connectivity index (χ1) is 9.13. The van der Waals surface area contributed by atoms with Gasteiger partial charge in [-0.15, -0.1) is 0 Å². The Hall–Kier alpha value is -0.170. The average Bonchev–Trinajstić information content (AvgIpc) is 3.21. The highest BCUT2D eigenvalue weighted by atomic mass is 32.2. The summed E-state index contributed by atoms with van der Waals surface area (Å²) in [7, 11) is -3.28. The Morgan fingerprint density at radius 3 is 2.63 bits per heavy atom. The fourth-order valence-electron chi connectivity index (χ4n) is 2.57. The van der Waals surface area contributed by atoms with Gasteiger partial charge in [0.25, 0.3) is 10.2 Å². The summed E-state index contributed by atoms with van der Waals surface area (Å²) in [5, 5.41) is 3.35. The first-order valence-corrected chi connectivity index (χ1v) is 9.04. The van der Waals surface area contributed by atoms with E-state index in [2.05, 4.69) is 17.0 Å². The molecule has 0 amide bonds. The monoisotopic (exact) mass is 289 g/mol. The van der Waals surface area contributed by atoms with Crippen molar-refractivity contribution >= 4 is 10.2 Å². The van der Waals surface area contributed by atoms with Crippen LogP contribution in [0, 0.1) is 5.92 Å². The standard InChI is InChI=1S/C13H27N3O2S/c1-2-8-14-11-13-5-3-4-9-16(13)19(17,18)15-10-12-6-7-12/h12-15H,2-11H2,1H3. The van der Waals surface area contributed by atoms with Gasteiger partial charge in [0.2, 0.25) is 0 Å². The molecular weight excluding hydrogens is 262 g/mol. The van der Waals surface area contributed by atoms with E-state index < -0.39 is 10.2 Å². The van der Waals surface area contributed by atoms with Gasteiger partial charge in [0, 0.05) is 25.7 Å². The van der Waals surface area contributed by atoms with E-state index in [1.54, 1.807) is 4.31 Å². The third-order valence-corrected chi connectivity index (χ3v) is 5.57. The molecule has 0 aromatic rings. The molecule has 0 radical (unpaired) electrons. The number of nitrogens with one attached hydrogen (secondary N) is 2. The highest BCUT2D eigenvalue weighted by Gasteiger charge is 2.33. The van der Waals surface area contributed by atoms with Crippen LogP contribution in [0.3, 0.4) is 0 Å². The van der Waals surface area contributed by atoms with E-state index >= 15 is 0 Å². The largest absolute Gasteiger partial charge is 0.315 e. The van der Waals surface area contributed by atoms with E-state index in [-0.39, 0.29) is 6.04 Å². The summed E-state index contributed by atoms with van der Waals surface area (Å²) in [6.45, 7) is 5.14. The number of hydrogen-bond donors (Lipinski definition) is 2. The molecule has 0 aromatic heterocycles. The van der Waals surface area contributed by atoms with Crippen molar-refractivity contribution < 1.29 is 8.42 Å². The third kappa shape index (κ3) is 4.70. The number of piperidine rings is 1. The first-order valence-electron chi connectivity index (χ1n) is 7.60. The quantitative estimate of drug-likeness (QED) is 0.658. The summed E-state index contributed by atoms with van der Waals surface area (Å²) in [5.41, 5.74) is 0. The smallest absolute Gasteiger partial charge is 0.279 e. The minimum atomic E-state index is -3.28. The molecule has 5 nitrogen and oxygen atoms in total. The van der Waals surface area contributed by atoms with Gasteiger partial charge in [0.05, 0.1) is 0 Å². The molecule has 2 aliphatic rings. The van der Waals surface area contributed by atoms with Crippen LogP contribution < -0.4 is 10.0 Å². The first kappa shape index (κ1) is 15.2. The minimum absolute atomic E-state index is 0.122. The van der Waals surface area contributed by atoms with Crippen LogP contribution in [-0.2, 0) is 10.2 Å². The Kier molecular flexibility index (Phi) is 5.62. The van der Waals surface area contributed by atoms with Crippen LogP contribution >= 0.6 is 0 Å². The van der Waals surface area contributed by atoms with Crippen molar-refractivity contribution in [3.8, 4) is 0 Å². The lowest BCUT2D eigenvalue weighted by atomic mass is 10.1. The van der Waals surface area contributed by atoms with Gasteiger partial charge in [0.1, 0.15) is 0 Å². The summed E-state index contributed by atoms with van der Waals surface area (Å²) < 4.78 is 29.2. The highest BCUT2D eigenvalue weighted by molar-refractivity contribution is 7.87. The second-order valence-corrected chi connectivity index (χ2v) is 7.47. The van der Waals surface area contributed by atoms with Gasteiger partial charge in [-0.1, -0.05) is 13.3 Å². The van der Waals surface area contributed by atoms with Crippen LogP contribution in [0.5, 0.6) is 0 Å². The zero-order valence-corrected chi connectivity index (χ0v) is 12.7. The predicted octanol–water partition coefficient (Wildman–Crippen LogP) is 1.08. The van der Waals surface area contributed by atoms with Crippen LogP contribution in [0.1, 0.15) is 45.4 Å². The lowest BCUT2D eigenvalue weighted by Gasteiger charge is -2.34. The lowest BCUT2D eigenvalue weighted by molar-refractivity contribution is 0.243. The molecule has 19 heavy (non-hydrogen) atoms. The van der Waals surface area contributed by atoms with Crippen molar-refractivity contribution in [3.63, 3.8) is 0 Å². The maximum absolute atomic E-state index is 12.3. The van der Waals surface area contributed by atoms with Crippen molar-refractivity contribution in [1.29, 1.82) is 0 Å². The molecule has 2 rings (SSSR count). The molecule has 6 heteroatoms. The van der Waals surface area contributed by atoms with Crippen molar-refractivity contribution in [2.45, 2.75) is 51.5 Å². The van der Waals surface area contributed by atoms with Crippen molar-refractivity contribution in [2.75, 3.05) is 26.2 Å². The fraction of sp³-hybridized carbons (Fsp3) is 1.00. The molecule has 0 spiro atoms. The van der Waals surface area contributed by atoms with Gasteiger partial charge in [-0.3, -0.25) is 0 Å². The Morgan fingerprint density at radius 2 is 1.95 bits per heavy atom. The lowest BCUT2D eigenvalue weighted by Crippen LogP contribution is -2.52. The number of nitrogens with zero attached hydrogens (tertiary/aromatic N) is 1. The van der Waals surface area contributed by atoms with Gasteiger partial charge in [-0.05, 0) is 44.6 Å². The van der Waals surface area contributed by atoms with E-state index in [0.29, 0.717) is 19.0 Å². The maximum Gasteiger partial charge on any atom is 0.279 e. The SMILES string of the molecule is CCCNCC1CCCCN1S(=O)(=O)NCC1CC1. The molecule has 112 valence electrons. The maximum atomic E-state index is 12.3. The summed E-state index contributed by atoms with van der Waals surface area (Å²) in [5.74, 6) is 0.580. The van der Waals surface area contributed by atoms with Crippen LogP contribution in [0.2, 0.25) is 0 Å². The second-order valence-electron chi connectivity index (χ2n) is 5.76.